The van der Waals surface area contributed by atoms with Gasteiger partial charge in [0.25, 0.3) is 11.8 Å². The van der Waals surface area contributed by atoms with E-state index in [4.69, 9.17) is 17.0 Å². The van der Waals surface area contributed by atoms with Crippen LogP contribution in [0.2, 0.25) is 0 Å². The van der Waals surface area contributed by atoms with E-state index in [0.717, 1.165) is 10.6 Å². The van der Waals surface area contributed by atoms with Gasteiger partial charge >= 0.3 is 0 Å². The Hall–Kier alpha value is -3.26. The molecule has 0 radical (unpaired) electrons. The van der Waals surface area contributed by atoms with E-state index >= 15 is 0 Å². The molecule has 1 heterocycles. The van der Waals surface area contributed by atoms with Gasteiger partial charge < -0.3 is 15.4 Å². The molecule has 150 valence electrons. The summed E-state index contributed by atoms with van der Waals surface area (Å²) in [5.74, 6) is -0.425. The van der Waals surface area contributed by atoms with E-state index in [0.29, 0.717) is 16.8 Å². The summed E-state index contributed by atoms with van der Waals surface area (Å²) in [7, 11) is 0. The fraction of sp³-hybridized carbons (Fsp3) is 0.238. The molecule has 2 aromatic carbocycles. The summed E-state index contributed by atoms with van der Waals surface area (Å²) in [4.78, 5) is 37.8. The van der Waals surface area contributed by atoms with Crippen molar-refractivity contribution in [2.75, 3.05) is 11.9 Å². The molecule has 3 amide bonds. The molecule has 0 fully saturated rings. The number of nitrogens with zero attached hydrogens (tertiary/aromatic N) is 1. The number of fused-ring (bicyclic) bond motifs is 1. The maximum atomic E-state index is 12.3. The van der Waals surface area contributed by atoms with Crippen molar-refractivity contribution in [3.8, 4) is 5.75 Å². The largest absolute Gasteiger partial charge is 0.491 e. The van der Waals surface area contributed by atoms with E-state index in [-0.39, 0.29) is 41.9 Å². The van der Waals surface area contributed by atoms with Crippen LogP contribution in [0.15, 0.2) is 48.5 Å². The lowest BCUT2D eigenvalue weighted by Gasteiger charge is -2.14. The highest BCUT2D eigenvalue weighted by atomic mass is 32.1. The molecule has 7 nitrogen and oxygen atoms in total. The van der Waals surface area contributed by atoms with Crippen molar-refractivity contribution >= 4 is 40.7 Å². The van der Waals surface area contributed by atoms with Gasteiger partial charge in [0.2, 0.25) is 5.91 Å². The molecular weight excluding hydrogens is 390 g/mol. The predicted octanol–water partition coefficient (Wildman–Crippen LogP) is 2.97. The Morgan fingerprint density at radius 1 is 1.03 bits per heavy atom. The molecule has 0 bridgehead atoms. The van der Waals surface area contributed by atoms with Crippen LogP contribution in [-0.2, 0) is 4.79 Å². The Kier molecular flexibility index (Phi) is 6.23. The number of amides is 3. The van der Waals surface area contributed by atoms with E-state index in [9.17, 15) is 14.4 Å². The molecule has 0 aromatic heterocycles. The zero-order valence-corrected chi connectivity index (χ0v) is 16.9. The van der Waals surface area contributed by atoms with Gasteiger partial charge in [-0.2, -0.15) is 0 Å². The zero-order chi connectivity index (χ0) is 21.0. The molecule has 29 heavy (non-hydrogen) atoms. The highest BCUT2D eigenvalue weighted by Gasteiger charge is 2.34. The summed E-state index contributed by atoms with van der Waals surface area (Å²) in [5, 5.41) is 5.59. The second kappa shape index (κ2) is 8.83. The van der Waals surface area contributed by atoms with Gasteiger partial charge in [-0.25, -0.2) is 0 Å². The molecule has 0 atom stereocenters. The number of benzene rings is 2. The van der Waals surface area contributed by atoms with E-state index in [1.165, 1.54) is 0 Å². The van der Waals surface area contributed by atoms with E-state index < -0.39 is 0 Å². The van der Waals surface area contributed by atoms with Gasteiger partial charge in [-0.1, -0.05) is 12.1 Å². The molecule has 0 unspecified atom stereocenters. The first-order valence-electron chi connectivity index (χ1n) is 9.18. The van der Waals surface area contributed by atoms with Crippen LogP contribution < -0.4 is 15.4 Å². The first-order valence-corrected chi connectivity index (χ1v) is 9.58. The number of ether oxygens (including phenoxy) is 1. The van der Waals surface area contributed by atoms with Crippen LogP contribution in [0.3, 0.4) is 0 Å². The number of hydrogen-bond acceptors (Lipinski definition) is 5. The summed E-state index contributed by atoms with van der Waals surface area (Å²) in [6.45, 7) is 3.87. The van der Waals surface area contributed by atoms with E-state index in [1.807, 2.05) is 13.8 Å². The maximum absolute atomic E-state index is 12.3. The van der Waals surface area contributed by atoms with Gasteiger partial charge in [0.15, 0.2) is 5.11 Å². The van der Waals surface area contributed by atoms with Gasteiger partial charge in [-0.15, -0.1) is 0 Å². The highest BCUT2D eigenvalue weighted by Crippen LogP contribution is 2.22. The summed E-state index contributed by atoms with van der Waals surface area (Å²) >= 11 is 5.15. The maximum Gasteiger partial charge on any atom is 0.261 e. The minimum absolute atomic E-state index is 0.0119. The Morgan fingerprint density at radius 2 is 1.62 bits per heavy atom. The number of anilines is 1. The number of imide groups is 1. The number of rotatable bonds is 6. The summed E-state index contributed by atoms with van der Waals surface area (Å²) in [6, 6.07) is 13.8. The van der Waals surface area contributed by atoms with Crippen molar-refractivity contribution in [1.29, 1.82) is 0 Å². The zero-order valence-electron chi connectivity index (χ0n) is 16.1. The van der Waals surface area contributed by atoms with Gasteiger partial charge in [0.1, 0.15) is 5.75 Å². The number of nitrogens with one attached hydrogen (secondary N) is 2. The van der Waals surface area contributed by atoms with E-state index in [2.05, 4.69) is 10.6 Å². The van der Waals surface area contributed by atoms with Gasteiger partial charge in [-0.05, 0) is 62.5 Å². The molecule has 0 spiro atoms. The second-order valence-electron chi connectivity index (χ2n) is 6.75. The Morgan fingerprint density at radius 3 is 2.17 bits per heavy atom. The highest BCUT2D eigenvalue weighted by molar-refractivity contribution is 7.80. The third-order valence-electron chi connectivity index (χ3n) is 4.18. The van der Waals surface area contributed by atoms with Crippen LogP contribution in [0, 0.1) is 0 Å². The third kappa shape index (κ3) is 4.97. The normalized spacial score (nSPS) is 12.7. The predicted molar refractivity (Wildman–Crippen MR) is 113 cm³/mol. The van der Waals surface area contributed by atoms with Gasteiger partial charge in [0, 0.05) is 18.7 Å². The van der Waals surface area contributed by atoms with Crippen LogP contribution >= 0.6 is 12.2 Å². The Labute approximate surface area is 174 Å². The molecule has 1 aliphatic rings. The van der Waals surface area contributed by atoms with Crippen LogP contribution in [0.25, 0.3) is 0 Å². The van der Waals surface area contributed by atoms with Crippen molar-refractivity contribution in [3.63, 3.8) is 0 Å². The van der Waals surface area contributed by atoms with Crippen LogP contribution in [0.4, 0.5) is 5.69 Å². The molecular formula is C21H21N3O4S. The van der Waals surface area contributed by atoms with Crippen molar-refractivity contribution in [3.05, 3.63) is 59.7 Å². The molecule has 3 rings (SSSR count). The monoisotopic (exact) mass is 411 g/mol. The quantitative estimate of drug-likeness (QED) is 0.561. The van der Waals surface area contributed by atoms with Crippen molar-refractivity contribution in [2.24, 2.45) is 0 Å². The Bertz CT molecular complexity index is 922. The summed E-state index contributed by atoms with van der Waals surface area (Å²) in [6.07, 6.45) is 0.0328. The van der Waals surface area contributed by atoms with Gasteiger partial charge in [0.05, 0.1) is 17.2 Å². The first kappa shape index (κ1) is 20.5. The number of carbonyl (C=O) groups excluding carboxylic acids is 3. The lowest BCUT2D eigenvalue weighted by atomic mass is 10.1. The lowest BCUT2D eigenvalue weighted by Crippen LogP contribution is -2.38. The summed E-state index contributed by atoms with van der Waals surface area (Å²) in [5.41, 5.74) is 1.42. The Balaban J connectivity index is 1.48. The van der Waals surface area contributed by atoms with Crippen molar-refractivity contribution < 1.29 is 19.1 Å². The van der Waals surface area contributed by atoms with Crippen LogP contribution in [0.5, 0.6) is 5.75 Å². The summed E-state index contributed by atoms with van der Waals surface area (Å²) < 4.78 is 5.57. The van der Waals surface area contributed by atoms with E-state index in [1.54, 1.807) is 48.5 Å². The SMILES string of the molecule is CC(C)Oc1ccc(NC(=S)NC(=O)CCN2C(=O)c3ccccc3C2=O)cc1. The number of hydrogen-bond donors (Lipinski definition) is 2. The average molecular weight is 411 g/mol. The van der Waals surface area contributed by atoms with Crippen molar-refractivity contribution in [1.82, 2.24) is 10.2 Å². The molecule has 0 saturated heterocycles. The lowest BCUT2D eigenvalue weighted by molar-refractivity contribution is -0.119. The first-order chi connectivity index (χ1) is 13.8. The number of thiocarbonyl (C=S) groups is 1. The molecule has 2 N–H and O–H groups in total. The molecule has 1 aliphatic heterocycles. The fourth-order valence-corrected chi connectivity index (χ4v) is 3.13. The molecule has 2 aromatic rings. The second-order valence-corrected chi connectivity index (χ2v) is 7.16. The van der Waals surface area contributed by atoms with Crippen LogP contribution in [0.1, 0.15) is 41.0 Å². The van der Waals surface area contributed by atoms with Gasteiger partial charge in [-0.3, -0.25) is 19.3 Å². The minimum Gasteiger partial charge on any atom is -0.491 e. The molecule has 0 saturated carbocycles. The minimum atomic E-state index is -0.390. The van der Waals surface area contributed by atoms with Crippen LogP contribution in [-0.4, -0.2) is 40.4 Å². The average Bonchev–Trinajstić information content (AvgIpc) is 2.92. The fourth-order valence-electron chi connectivity index (χ4n) is 2.90. The number of carbonyl (C=O) groups is 3. The smallest absolute Gasteiger partial charge is 0.261 e. The third-order valence-corrected chi connectivity index (χ3v) is 4.38. The molecule has 0 aliphatic carbocycles. The standard InChI is InChI=1S/C21H21N3O4S/c1-13(2)28-15-9-7-14(8-10-15)22-21(29)23-18(25)11-12-24-19(26)16-5-3-4-6-17(16)20(24)27/h3-10,13H,11-12H2,1-2H3,(H2,22,23,25,29). The molecule has 8 heteroatoms. The topological polar surface area (TPSA) is 87.7 Å². The van der Waals surface area contributed by atoms with Crippen molar-refractivity contribution in [2.45, 2.75) is 26.4 Å².